The highest BCUT2D eigenvalue weighted by atomic mass is 16.4. The van der Waals surface area contributed by atoms with Crippen LogP contribution in [0.4, 0.5) is 5.69 Å². The molecule has 4 rings (SSSR count). The molecule has 1 heterocycles. The number of carboxylic acid groups (broad SMARTS) is 1. The number of rotatable bonds is 8. The standard InChI is InChI=1S/C29H32N2O3/c1-19(2)22-14-12-21(13-15-22)16-24-18-23-10-6-7-11-25(23)31-28(32)27(24)30-26(29(33)34)17-20-8-4-3-5-9-20/h3-15,19,24,26-27,30H,16-18H2,1-2H3,(H,31,32)(H,33,34)/t24?,26-,27+/m0/s1. The third kappa shape index (κ3) is 5.72. The molecule has 0 fully saturated rings. The van der Waals surface area contributed by atoms with E-state index in [4.69, 9.17) is 0 Å². The van der Waals surface area contributed by atoms with Crippen LogP contribution >= 0.6 is 0 Å². The molecule has 0 bridgehead atoms. The Bertz CT molecular complexity index is 1130. The van der Waals surface area contributed by atoms with Crippen molar-refractivity contribution in [2.45, 2.75) is 51.1 Å². The van der Waals surface area contributed by atoms with Crippen LogP contribution in [0.3, 0.4) is 0 Å². The number of para-hydroxylation sites is 1. The summed E-state index contributed by atoms with van der Waals surface area (Å²) in [6.07, 6.45) is 1.66. The fraction of sp³-hybridized carbons (Fsp3) is 0.310. The molecular formula is C29H32N2O3. The Morgan fingerprint density at radius 3 is 2.32 bits per heavy atom. The molecule has 0 saturated heterocycles. The normalized spacial score (nSPS) is 18.6. The van der Waals surface area contributed by atoms with Crippen molar-refractivity contribution in [3.05, 3.63) is 101 Å². The lowest BCUT2D eigenvalue weighted by molar-refractivity contribution is -0.140. The van der Waals surface area contributed by atoms with Gasteiger partial charge in [-0.15, -0.1) is 0 Å². The third-order valence-electron chi connectivity index (χ3n) is 6.62. The minimum atomic E-state index is -0.960. The van der Waals surface area contributed by atoms with Crippen molar-refractivity contribution >= 4 is 17.6 Å². The smallest absolute Gasteiger partial charge is 0.321 e. The van der Waals surface area contributed by atoms with Crippen LogP contribution < -0.4 is 10.6 Å². The van der Waals surface area contributed by atoms with Gasteiger partial charge in [-0.1, -0.05) is 86.6 Å². The van der Waals surface area contributed by atoms with Gasteiger partial charge < -0.3 is 10.4 Å². The molecule has 3 aromatic carbocycles. The molecule has 1 aliphatic rings. The number of amides is 1. The second-order valence-corrected chi connectivity index (χ2v) is 9.44. The first-order valence-electron chi connectivity index (χ1n) is 11.9. The zero-order valence-electron chi connectivity index (χ0n) is 19.7. The Balaban J connectivity index is 1.62. The average Bonchev–Trinajstić information content (AvgIpc) is 2.95. The highest BCUT2D eigenvalue weighted by molar-refractivity contribution is 5.97. The molecule has 0 aliphatic carbocycles. The molecule has 1 aliphatic heterocycles. The number of carbonyl (C=O) groups is 2. The van der Waals surface area contributed by atoms with E-state index in [-0.39, 0.29) is 11.8 Å². The second kappa shape index (κ2) is 10.7. The van der Waals surface area contributed by atoms with Crippen molar-refractivity contribution in [3.63, 3.8) is 0 Å². The van der Waals surface area contributed by atoms with Crippen LogP contribution in [0.15, 0.2) is 78.9 Å². The van der Waals surface area contributed by atoms with Crippen molar-refractivity contribution in [1.82, 2.24) is 5.32 Å². The maximum absolute atomic E-state index is 13.4. The largest absolute Gasteiger partial charge is 0.480 e. The Hall–Kier alpha value is -3.44. The molecular weight excluding hydrogens is 424 g/mol. The van der Waals surface area contributed by atoms with Gasteiger partial charge in [-0.3, -0.25) is 14.9 Å². The molecule has 0 spiro atoms. The first kappa shape index (κ1) is 23.7. The van der Waals surface area contributed by atoms with E-state index in [2.05, 4.69) is 48.7 Å². The molecule has 3 atom stereocenters. The van der Waals surface area contributed by atoms with Gasteiger partial charge in [0.2, 0.25) is 5.91 Å². The Kier molecular flexibility index (Phi) is 7.43. The number of aliphatic carboxylic acids is 1. The summed E-state index contributed by atoms with van der Waals surface area (Å²) in [6, 6.07) is 24.4. The van der Waals surface area contributed by atoms with Gasteiger partial charge in [0, 0.05) is 5.69 Å². The van der Waals surface area contributed by atoms with Crippen LogP contribution in [-0.4, -0.2) is 29.1 Å². The zero-order valence-corrected chi connectivity index (χ0v) is 19.7. The fourth-order valence-corrected chi connectivity index (χ4v) is 4.67. The third-order valence-corrected chi connectivity index (χ3v) is 6.62. The number of nitrogens with one attached hydrogen (secondary N) is 2. The monoisotopic (exact) mass is 456 g/mol. The minimum Gasteiger partial charge on any atom is -0.480 e. The summed E-state index contributed by atoms with van der Waals surface area (Å²) >= 11 is 0. The van der Waals surface area contributed by atoms with Crippen LogP contribution in [0.25, 0.3) is 0 Å². The predicted octanol–water partition coefficient (Wildman–Crippen LogP) is 4.82. The lowest BCUT2D eigenvalue weighted by atomic mass is 9.85. The van der Waals surface area contributed by atoms with E-state index < -0.39 is 18.1 Å². The van der Waals surface area contributed by atoms with Crippen LogP contribution in [0.2, 0.25) is 0 Å². The molecule has 1 amide bonds. The SMILES string of the molecule is CC(C)c1ccc(CC2Cc3ccccc3NC(=O)[C@@H]2N[C@@H](Cc2ccccc2)C(=O)O)cc1. The fourth-order valence-electron chi connectivity index (χ4n) is 4.67. The van der Waals surface area contributed by atoms with Gasteiger partial charge in [0.15, 0.2) is 0 Å². The molecule has 5 nitrogen and oxygen atoms in total. The molecule has 176 valence electrons. The molecule has 0 saturated carbocycles. The van der Waals surface area contributed by atoms with Crippen LogP contribution in [-0.2, 0) is 28.9 Å². The lowest BCUT2D eigenvalue weighted by Crippen LogP contribution is -2.53. The summed E-state index contributed by atoms with van der Waals surface area (Å²) in [6.45, 7) is 4.33. The summed E-state index contributed by atoms with van der Waals surface area (Å²) in [4.78, 5) is 25.5. The highest BCUT2D eigenvalue weighted by Gasteiger charge is 2.35. The molecule has 0 aromatic heterocycles. The average molecular weight is 457 g/mol. The van der Waals surface area contributed by atoms with Gasteiger partial charge in [0.25, 0.3) is 0 Å². The number of benzene rings is 3. The van der Waals surface area contributed by atoms with Crippen LogP contribution in [0, 0.1) is 5.92 Å². The van der Waals surface area contributed by atoms with E-state index >= 15 is 0 Å². The molecule has 0 radical (unpaired) electrons. The maximum atomic E-state index is 13.4. The predicted molar refractivity (Wildman–Crippen MR) is 135 cm³/mol. The Morgan fingerprint density at radius 2 is 1.65 bits per heavy atom. The summed E-state index contributed by atoms with van der Waals surface area (Å²) in [7, 11) is 0. The summed E-state index contributed by atoms with van der Waals surface area (Å²) in [5.74, 6) is -0.786. The van der Waals surface area contributed by atoms with Crippen molar-refractivity contribution < 1.29 is 14.7 Å². The van der Waals surface area contributed by atoms with E-state index in [1.54, 1.807) is 0 Å². The first-order chi connectivity index (χ1) is 16.4. The van der Waals surface area contributed by atoms with Crippen LogP contribution in [0.1, 0.15) is 42.0 Å². The summed E-state index contributed by atoms with van der Waals surface area (Å²) in [5.41, 5.74) is 5.20. The number of hydrogen-bond acceptors (Lipinski definition) is 3. The number of anilines is 1. The van der Waals surface area contributed by atoms with E-state index in [0.29, 0.717) is 25.2 Å². The number of hydrogen-bond donors (Lipinski definition) is 3. The molecule has 3 N–H and O–H groups in total. The van der Waals surface area contributed by atoms with Gasteiger partial charge in [-0.2, -0.15) is 0 Å². The van der Waals surface area contributed by atoms with Gasteiger partial charge in [0.1, 0.15) is 6.04 Å². The van der Waals surface area contributed by atoms with E-state index in [9.17, 15) is 14.7 Å². The molecule has 5 heteroatoms. The highest BCUT2D eigenvalue weighted by Crippen LogP contribution is 2.28. The molecule has 3 aromatic rings. The van der Waals surface area contributed by atoms with Crippen molar-refractivity contribution in [1.29, 1.82) is 0 Å². The van der Waals surface area contributed by atoms with Crippen molar-refractivity contribution in [2.75, 3.05) is 5.32 Å². The van der Waals surface area contributed by atoms with E-state index in [0.717, 1.165) is 22.4 Å². The van der Waals surface area contributed by atoms with Crippen LogP contribution in [0.5, 0.6) is 0 Å². The maximum Gasteiger partial charge on any atom is 0.321 e. The van der Waals surface area contributed by atoms with Crippen molar-refractivity contribution in [3.8, 4) is 0 Å². The van der Waals surface area contributed by atoms with Gasteiger partial charge in [0.05, 0.1) is 6.04 Å². The number of fused-ring (bicyclic) bond motifs is 1. The van der Waals surface area contributed by atoms with E-state index in [1.165, 1.54) is 5.56 Å². The van der Waals surface area contributed by atoms with Gasteiger partial charge in [-0.05, 0) is 59.4 Å². The topological polar surface area (TPSA) is 78.4 Å². The lowest BCUT2D eigenvalue weighted by Gasteiger charge is -2.28. The van der Waals surface area contributed by atoms with E-state index in [1.807, 2.05) is 54.6 Å². The molecule has 34 heavy (non-hydrogen) atoms. The summed E-state index contributed by atoms with van der Waals surface area (Å²) in [5, 5.41) is 16.2. The number of carbonyl (C=O) groups excluding carboxylic acids is 1. The second-order valence-electron chi connectivity index (χ2n) is 9.44. The summed E-state index contributed by atoms with van der Waals surface area (Å²) < 4.78 is 0. The van der Waals surface area contributed by atoms with Crippen molar-refractivity contribution in [2.24, 2.45) is 5.92 Å². The first-order valence-corrected chi connectivity index (χ1v) is 11.9. The van der Waals surface area contributed by atoms with Gasteiger partial charge >= 0.3 is 5.97 Å². The zero-order chi connectivity index (χ0) is 24.1. The quantitative estimate of drug-likeness (QED) is 0.454. The molecule has 1 unspecified atom stereocenters. The number of carboxylic acids is 1. The minimum absolute atomic E-state index is 0.0915. The Morgan fingerprint density at radius 1 is 0.971 bits per heavy atom. The Labute approximate surface area is 201 Å². The van der Waals surface area contributed by atoms with Gasteiger partial charge in [-0.25, -0.2) is 0 Å².